The van der Waals surface area contributed by atoms with Gasteiger partial charge in [0.05, 0.1) is 0 Å². The SMILES string of the molecule is CCCCN(CCCl)C(=O)C(C)(C)CC. The third-order valence-corrected chi connectivity index (χ3v) is 3.06. The van der Waals surface area contributed by atoms with E-state index in [0.717, 1.165) is 25.8 Å². The van der Waals surface area contributed by atoms with Crippen LogP contribution in [0, 0.1) is 5.41 Å². The fourth-order valence-corrected chi connectivity index (χ4v) is 1.55. The van der Waals surface area contributed by atoms with E-state index < -0.39 is 0 Å². The van der Waals surface area contributed by atoms with Crippen molar-refractivity contribution in [1.29, 1.82) is 0 Å². The predicted octanol–water partition coefficient (Wildman–Crippen LogP) is 3.29. The van der Waals surface area contributed by atoms with Gasteiger partial charge in [-0.2, -0.15) is 0 Å². The number of hydrogen-bond acceptors (Lipinski definition) is 1. The maximum atomic E-state index is 12.2. The van der Waals surface area contributed by atoms with Crippen LogP contribution in [-0.4, -0.2) is 29.8 Å². The third kappa shape index (κ3) is 4.87. The van der Waals surface area contributed by atoms with E-state index in [1.54, 1.807) is 0 Å². The van der Waals surface area contributed by atoms with Gasteiger partial charge in [0.15, 0.2) is 0 Å². The van der Waals surface area contributed by atoms with Crippen LogP contribution in [0.4, 0.5) is 0 Å². The highest BCUT2D eigenvalue weighted by Crippen LogP contribution is 2.23. The molecule has 0 aromatic carbocycles. The van der Waals surface area contributed by atoms with Crippen molar-refractivity contribution in [2.45, 2.75) is 47.0 Å². The Morgan fingerprint density at radius 1 is 1.27 bits per heavy atom. The van der Waals surface area contributed by atoms with E-state index in [2.05, 4.69) is 13.8 Å². The maximum absolute atomic E-state index is 12.2. The molecule has 0 aromatic heterocycles. The molecule has 2 nitrogen and oxygen atoms in total. The lowest BCUT2D eigenvalue weighted by Crippen LogP contribution is -2.42. The average molecular weight is 234 g/mol. The number of carbonyl (C=O) groups is 1. The number of rotatable bonds is 7. The first-order valence-corrected chi connectivity index (χ1v) is 6.38. The van der Waals surface area contributed by atoms with Gasteiger partial charge in [0.2, 0.25) is 5.91 Å². The normalized spacial score (nSPS) is 11.5. The van der Waals surface area contributed by atoms with Gasteiger partial charge in [0.25, 0.3) is 0 Å². The van der Waals surface area contributed by atoms with Gasteiger partial charge < -0.3 is 4.90 Å². The van der Waals surface area contributed by atoms with Crippen molar-refractivity contribution in [3.63, 3.8) is 0 Å². The lowest BCUT2D eigenvalue weighted by atomic mass is 9.88. The molecule has 0 saturated carbocycles. The van der Waals surface area contributed by atoms with Crippen LogP contribution in [0.1, 0.15) is 47.0 Å². The van der Waals surface area contributed by atoms with Gasteiger partial charge in [-0.1, -0.05) is 34.1 Å². The molecular formula is C12H24ClNO. The summed E-state index contributed by atoms with van der Waals surface area (Å²) in [6.45, 7) is 9.70. The molecule has 0 N–H and O–H groups in total. The van der Waals surface area contributed by atoms with Gasteiger partial charge in [0.1, 0.15) is 0 Å². The van der Waals surface area contributed by atoms with E-state index in [1.165, 1.54) is 0 Å². The zero-order chi connectivity index (χ0) is 11.9. The molecule has 1 amide bonds. The molecule has 0 aliphatic carbocycles. The fourth-order valence-electron chi connectivity index (χ4n) is 1.35. The first-order chi connectivity index (χ1) is 6.99. The van der Waals surface area contributed by atoms with Crippen molar-refractivity contribution in [3.8, 4) is 0 Å². The highest BCUT2D eigenvalue weighted by atomic mass is 35.5. The van der Waals surface area contributed by atoms with E-state index in [9.17, 15) is 4.79 Å². The molecule has 0 heterocycles. The van der Waals surface area contributed by atoms with Crippen LogP contribution in [0.25, 0.3) is 0 Å². The summed E-state index contributed by atoms with van der Waals surface area (Å²) >= 11 is 5.72. The summed E-state index contributed by atoms with van der Waals surface area (Å²) in [6, 6.07) is 0. The molecule has 0 unspecified atom stereocenters. The van der Waals surface area contributed by atoms with Crippen molar-refractivity contribution in [1.82, 2.24) is 4.90 Å². The maximum Gasteiger partial charge on any atom is 0.228 e. The van der Waals surface area contributed by atoms with Gasteiger partial charge in [-0.05, 0) is 12.8 Å². The van der Waals surface area contributed by atoms with Crippen molar-refractivity contribution in [2.24, 2.45) is 5.41 Å². The second-order valence-electron chi connectivity index (χ2n) is 4.57. The van der Waals surface area contributed by atoms with E-state index in [-0.39, 0.29) is 11.3 Å². The Morgan fingerprint density at radius 2 is 1.87 bits per heavy atom. The van der Waals surface area contributed by atoms with Gasteiger partial charge in [-0.3, -0.25) is 4.79 Å². The Balaban J connectivity index is 4.40. The minimum atomic E-state index is -0.250. The molecule has 0 aromatic rings. The summed E-state index contributed by atoms with van der Waals surface area (Å²) < 4.78 is 0. The summed E-state index contributed by atoms with van der Waals surface area (Å²) in [5.74, 6) is 0.758. The Morgan fingerprint density at radius 3 is 2.27 bits per heavy atom. The molecular weight excluding hydrogens is 210 g/mol. The topological polar surface area (TPSA) is 20.3 Å². The summed E-state index contributed by atoms with van der Waals surface area (Å²) in [6.07, 6.45) is 3.04. The summed E-state index contributed by atoms with van der Waals surface area (Å²) in [7, 11) is 0. The van der Waals surface area contributed by atoms with Crippen LogP contribution in [0.5, 0.6) is 0 Å². The number of alkyl halides is 1. The molecule has 0 aliphatic rings. The van der Waals surface area contributed by atoms with E-state index in [0.29, 0.717) is 12.4 Å². The van der Waals surface area contributed by atoms with Crippen LogP contribution < -0.4 is 0 Å². The number of unbranched alkanes of at least 4 members (excludes halogenated alkanes) is 1. The molecule has 0 aliphatic heterocycles. The standard InChI is InChI=1S/C12H24ClNO/c1-5-7-9-14(10-8-13)11(15)12(3,4)6-2/h5-10H2,1-4H3. The van der Waals surface area contributed by atoms with Gasteiger partial charge in [-0.15, -0.1) is 11.6 Å². The first-order valence-electron chi connectivity index (χ1n) is 5.85. The molecule has 0 radical (unpaired) electrons. The quantitative estimate of drug-likeness (QED) is 0.618. The predicted molar refractivity (Wildman–Crippen MR) is 66.3 cm³/mol. The first kappa shape index (κ1) is 14.8. The van der Waals surface area contributed by atoms with Crippen LogP contribution in [-0.2, 0) is 4.79 Å². The van der Waals surface area contributed by atoms with Crippen LogP contribution in [0.3, 0.4) is 0 Å². The minimum absolute atomic E-state index is 0.235. The number of halogens is 1. The molecule has 0 fully saturated rings. The third-order valence-electron chi connectivity index (χ3n) is 2.89. The van der Waals surface area contributed by atoms with Crippen molar-refractivity contribution < 1.29 is 4.79 Å². The van der Waals surface area contributed by atoms with Crippen molar-refractivity contribution in [2.75, 3.05) is 19.0 Å². The van der Waals surface area contributed by atoms with Gasteiger partial charge >= 0.3 is 0 Å². The van der Waals surface area contributed by atoms with Crippen LogP contribution in [0.15, 0.2) is 0 Å². The average Bonchev–Trinajstić information content (AvgIpc) is 2.23. The number of nitrogens with zero attached hydrogens (tertiary/aromatic N) is 1. The smallest absolute Gasteiger partial charge is 0.228 e. The minimum Gasteiger partial charge on any atom is -0.341 e. The summed E-state index contributed by atoms with van der Waals surface area (Å²) in [4.78, 5) is 14.1. The molecule has 0 spiro atoms. The molecule has 0 bridgehead atoms. The Hall–Kier alpha value is -0.240. The zero-order valence-electron chi connectivity index (χ0n) is 10.5. The van der Waals surface area contributed by atoms with Gasteiger partial charge in [-0.25, -0.2) is 0 Å². The number of carbonyl (C=O) groups excluding carboxylic acids is 1. The zero-order valence-corrected chi connectivity index (χ0v) is 11.2. The second-order valence-corrected chi connectivity index (χ2v) is 4.95. The highest BCUT2D eigenvalue weighted by Gasteiger charge is 2.29. The van der Waals surface area contributed by atoms with E-state index >= 15 is 0 Å². The Kier molecular flexibility index (Phi) is 6.99. The van der Waals surface area contributed by atoms with Gasteiger partial charge in [0, 0.05) is 24.4 Å². The molecule has 15 heavy (non-hydrogen) atoms. The Bertz CT molecular complexity index is 192. The van der Waals surface area contributed by atoms with E-state index in [4.69, 9.17) is 11.6 Å². The van der Waals surface area contributed by atoms with Crippen LogP contribution in [0.2, 0.25) is 0 Å². The largest absolute Gasteiger partial charge is 0.341 e. The molecule has 0 atom stereocenters. The second kappa shape index (κ2) is 7.10. The lowest BCUT2D eigenvalue weighted by molar-refractivity contribution is -0.140. The van der Waals surface area contributed by atoms with Crippen LogP contribution >= 0.6 is 11.6 Å². The molecule has 90 valence electrons. The monoisotopic (exact) mass is 233 g/mol. The summed E-state index contributed by atoms with van der Waals surface area (Å²) in [5.41, 5.74) is -0.250. The lowest BCUT2D eigenvalue weighted by Gasteiger charge is -2.30. The number of amides is 1. The van der Waals surface area contributed by atoms with Crippen molar-refractivity contribution in [3.05, 3.63) is 0 Å². The summed E-state index contributed by atoms with van der Waals surface area (Å²) in [5, 5.41) is 0. The fraction of sp³-hybridized carbons (Fsp3) is 0.917. The Labute approximate surface area is 99.0 Å². The number of hydrogen-bond donors (Lipinski definition) is 0. The van der Waals surface area contributed by atoms with E-state index in [1.807, 2.05) is 18.7 Å². The van der Waals surface area contributed by atoms with Crippen molar-refractivity contribution >= 4 is 17.5 Å². The molecule has 3 heteroatoms. The molecule has 0 rings (SSSR count). The highest BCUT2D eigenvalue weighted by molar-refractivity contribution is 6.18. The molecule has 0 saturated heterocycles.